The van der Waals surface area contributed by atoms with E-state index in [1.807, 2.05) is 0 Å². The fourth-order valence-electron chi connectivity index (χ4n) is 10.8. The maximum atomic E-state index is 2.58. The first kappa shape index (κ1) is 28.2. The molecule has 0 unspecified atom stereocenters. The molecule has 4 heterocycles. The summed E-state index contributed by atoms with van der Waals surface area (Å²) in [6, 6.07) is 51.2. The van der Waals surface area contributed by atoms with Gasteiger partial charge in [-0.25, -0.2) is 0 Å². The van der Waals surface area contributed by atoms with Crippen molar-refractivity contribution in [3.63, 3.8) is 0 Å². The van der Waals surface area contributed by atoms with Gasteiger partial charge >= 0.3 is 0 Å². The van der Waals surface area contributed by atoms with Crippen LogP contribution in [0.5, 0.6) is 0 Å². The maximum absolute atomic E-state index is 2.58. The van der Waals surface area contributed by atoms with Crippen LogP contribution in [0, 0.1) is 13.8 Å². The minimum absolute atomic E-state index is 0.0995. The minimum atomic E-state index is -0.0995. The summed E-state index contributed by atoms with van der Waals surface area (Å²) in [5, 5.41) is 13.3. The highest BCUT2D eigenvalue weighted by atomic mass is 14.9. The Morgan fingerprint density at radius 3 is 1.74 bits per heavy atom. The molecular formula is C51H34N2. The van der Waals surface area contributed by atoms with E-state index in [9.17, 15) is 0 Å². The molecule has 0 amide bonds. The first-order valence-corrected chi connectivity index (χ1v) is 18.9. The zero-order valence-corrected chi connectivity index (χ0v) is 30.1. The van der Waals surface area contributed by atoms with Crippen molar-refractivity contribution in [2.75, 3.05) is 0 Å². The van der Waals surface area contributed by atoms with Gasteiger partial charge in [-0.2, -0.15) is 0 Å². The fourth-order valence-corrected chi connectivity index (χ4v) is 10.8. The van der Waals surface area contributed by atoms with Crippen molar-refractivity contribution in [2.45, 2.75) is 33.1 Å². The topological polar surface area (TPSA) is 8.82 Å². The van der Waals surface area contributed by atoms with Gasteiger partial charge in [-0.15, -0.1) is 0 Å². The Morgan fingerprint density at radius 1 is 0.396 bits per heavy atom. The summed E-state index contributed by atoms with van der Waals surface area (Å²) in [5.74, 6) is 0. The molecule has 0 saturated carbocycles. The molecule has 4 aromatic heterocycles. The Morgan fingerprint density at radius 2 is 0.981 bits per heavy atom. The summed E-state index contributed by atoms with van der Waals surface area (Å²) in [6.07, 6.45) is 0. The summed E-state index contributed by atoms with van der Waals surface area (Å²) < 4.78 is 5.13. The molecule has 0 N–H and O–H groups in total. The van der Waals surface area contributed by atoms with Crippen molar-refractivity contribution in [1.82, 2.24) is 8.80 Å². The highest BCUT2D eigenvalue weighted by Gasteiger charge is 2.36. The molecule has 1 aliphatic carbocycles. The van der Waals surface area contributed by atoms with Crippen LogP contribution in [0.25, 0.3) is 109 Å². The van der Waals surface area contributed by atoms with Gasteiger partial charge in [0.25, 0.3) is 0 Å². The molecule has 0 fully saturated rings. The first-order valence-electron chi connectivity index (χ1n) is 18.9. The van der Waals surface area contributed by atoms with Crippen LogP contribution in [-0.4, -0.2) is 8.80 Å². The highest BCUT2D eigenvalue weighted by Crippen LogP contribution is 2.55. The second-order valence-electron chi connectivity index (χ2n) is 16.2. The van der Waals surface area contributed by atoms with Crippen molar-refractivity contribution in [3.8, 4) is 22.3 Å². The van der Waals surface area contributed by atoms with Crippen molar-refractivity contribution in [2.24, 2.45) is 0 Å². The van der Waals surface area contributed by atoms with E-state index in [2.05, 4.69) is 170 Å². The number of hydrogen-bond acceptors (Lipinski definition) is 0. The third kappa shape index (κ3) is 3.16. The van der Waals surface area contributed by atoms with E-state index in [-0.39, 0.29) is 5.41 Å². The largest absolute Gasteiger partial charge is 0.308 e. The van der Waals surface area contributed by atoms with Gasteiger partial charge in [-0.3, -0.25) is 0 Å². The smallest absolute Gasteiger partial charge is 0.0633 e. The Hall–Kier alpha value is -6.38. The molecule has 0 atom stereocenters. The van der Waals surface area contributed by atoms with Gasteiger partial charge in [0.2, 0.25) is 0 Å². The molecule has 12 aromatic rings. The average Bonchev–Trinajstić information content (AvgIpc) is 3.93. The zero-order valence-electron chi connectivity index (χ0n) is 30.1. The number of benzene rings is 8. The zero-order chi connectivity index (χ0) is 35.1. The lowest BCUT2D eigenvalue weighted by molar-refractivity contribution is 0.660. The van der Waals surface area contributed by atoms with Crippen molar-refractivity contribution in [1.29, 1.82) is 0 Å². The summed E-state index contributed by atoms with van der Waals surface area (Å²) in [5.41, 5.74) is 18.4. The third-order valence-electron chi connectivity index (χ3n) is 13.0. The van der Waals surface area contributed by atoms with Gasteiger partial charge in [-0.1, -0.05) is 111 Å². The SMILES string of the molecule is Cc1ccc2c3cc4c(-c5ccc6c(c5)C(C)(C)c5ccccc5-6)c5c6ccc(C)cc6n6c7ccccc7c(c4c4c7ccccc7n(c2c1)c34)c56. The number of fused-ring (bicyclic) bond motifs is 18. The van der Waals surface area contributed by atoms with Gasteiger partial charge < -0.3 is 8.80 Å². The van der Waals surface area contributed by atoms with Crippen LogP contribution in [0.3, 0.4) is 0 Å². The van der Waals surface area contributed by atoms with E-state index in [1.54, 1.807) is 0 Å². The molecule has 53 heavy (non-hydrogen) atoms. The highest BCUT2D eigenvalue weighted by molar-refractivity contribution is 6.44. The summed E-state index contributed by atoms with van der Waals surface area (Å²) in [6.45, 7) is 9.23. The van der Waals surface area contributed by atoms with Crippen LogP contribution < -0.4 is 0 Å². The van der Waals surface area contributed by atoms with Crippen LogP contribution in [0.1, 0.15) is 36.1 Å². The molecule has 13 rings (SSSR count). The van der Waals surface area contributed by atoms with Crippen molar-refractivity contribution in [3.05, 3.63) is 156 Å². The summed E-state index contributed by atoms with van der Waals surface area (Å²) >= 11 is 0. The molecule has 2 heteroatoms. The molecule has 0 aliphatic heterocycles. The van der Waals surface area contributed by atoms with Crippen LogP contribution in [0.4, 0.5) is 0 Å². The molecule has 0 spiro atoms. The van der Waals surface area contributed by atoms with E-state index in [4.69, 9.17) is 0 Å². The minimum Gasteiger partial charge on any atom is -0.308 e. The Balaban J connectivity index is 1.35. The summed E-state index contributed by atoms with van der Waals surface area (Å²) in [4.78, 5) is 0. The average molecular weight is 675 g/mol. The lowest BCUT2D eigenvalue weighted by atomic mass is 9.80. The van der Waals surface area contributed by atoms with Gasteiger partial charge in [0.15, 0.2) is 0 Å². The van der Waals surface area contributed by atoms with E-state index in [0.717, 1.165) is 0 Å². The predicted molar refractivity (Wildman–Crippen MR) is 226 cm³/mol. The predicted octanol–water partition coefficient (Wildman–Crippen LogP) is 13.7. The molecule has 1 aliphatic rings. The maximum Gasteiger partial charge on any atom is 0.0633 e. The van der Waals surface area contributed by atoms with Gasteiger partial charge in [0.05, 0.1) is 33.1 Å². The van der Waals surface area contributed by atoms with Gasteiger partial charge in [-0.05, 0) is 100 Å². The number of nitrogens with zero attached hydrogens (tertiary/aromatic N) is 2. The quantitative estimate of drug-likeness (QED) is 0.164. The van der Waals surface area contributed by atoms with E-state index in [1.165, 1.54) is 131 Å². The van der Waals surface area contributed by atoms with Crippen LogP contribution in [0.2, 0.25) is 0 Å². The number of hydrogen-bond donors (Lipinski definition) is 0. The number of para-hydroxylation sites is 2. The van der Waals surface area contributed by atoms with Gasteiger partial charge in [0.1, 0.15) is 0 Å². The van der Waals surface area contributed by atoms with E-state index >= 15 is 0 Å². The monoisotopic (exact) mass is 674 g/mol. The number of aryl methyl sites for hydroxylation is 2. The van der Waals surface area contributed by atoms with Crippen molar-refractivity contribution < 1.29 is 0 Å². The number of rotatable bonds is 1. The first-order chi connectivity index (χ1) is 25.9. The van der Waals surface area contributed by atoms with Crippen molar-refractivity contribution >= 4 is 87.0 Å². The second-order valence-corrected chi connectivity index (χ2v) is 16.2. The fraction of sp³-hybridized carbons (Fsp3) is 0.0980. The number of aromatic nitrogens is 2. The molecule has 0 radical (unpaired) electrons. The van der Waals surface area contributed by atoms with Gasteiger partial charge in [0, 0.05) is 53.9 Å². The van der Waals surface area contributed by atoms with Crippen LogP contribution >= 0.6 is 0 Å². The molecule has 248 valence electrons. The Kier molecular flexibility index (Phi) is 4.88. The Labute approximate surface area is 305 Å². The second kappa shape index (κ2) is 9.15. The van der Waals surface area contributed by atoms with Crippen LogP contribution in [-0.2, 0) is 5.41 Å². The van der Waals surface area contributed by atoms with Crippen LogP contribution in [0.15, 0.2) is 133 Å². The normalized spacial score (nSPS) is 14.2. The third-order valence-corrected chi connectivity index (χ3v) is 13.0. The molecule has 2 nitrogen and oxygen atoms in total. The standard InChI is InChI=1S/C51H34N2/c1-27-17-20-32-36-26-37-44(29-19-22-31-30-11-5-8-14-38(30)51(3,4)39(31)25-29)46-35-21-18-28(2)24-43(35)53-41-16-10-7-13-34(41)48(50(46)53)45(37)47-33-12-6-9-15-40(33)52(49(36)47)42(32)23-27/h5-26H,1-4H3. The summed E-state index contributed by atoms with van der Waals surface area (Å²) in [7, 11) is 0. The lowest BCUT2D eigenvalue weighted by Gasteiger charge is -2.22. The molecule has 0 bridgehead atoms. The molecule has 8 aromatic carbocycles. The Bertz CT molecular complexity index is 3580. The van der Waals surface area contributed by atoms with E-state index in [0.29, 0.717) is 0 Å². The van der Waals surface area contributed by atoms with E-state index < -0.39 is 0 Å². The molecular weight excluding hydrogens is 641 g/mol. The lowest BCUT2D eigenvalue weighted by Crippen LogP contribution is -2.14. The molecule has 0 saturated heterocycles.